The highest BCUT2D eigenvalue weighted by molar-refractivity contribution is 5.85. The Bertz CT molecular complexity index is 393. The normalized spacial score (nSPS) is 11.7. The Balaban J connectivity index is 2.71. The van der Waals surface area contributed by atoms with Crippen molar-refractivity contribution >= 4 is 17.3 Å². The molecule has 1 rings (SSSR count). The molecule has 17 heavy (non-hydrogen) atoms. The number of amides is 1. The van der Waals surface area contributed by atoms with Crippen LogP contribution in [0, 0.1) is 0 Å². The average Bonchev–Trinajstić information content (AvgIpc) is 2.31. The number of anilines is 2. The number of nitrogens with one attached hydrogen (secondary N) is 2. The van der Waals surface area contributed by atoms with Crippen LogP contribution < -0.4 is 21.1 Å². The largest absolute Gasteiger partial charge is 0.497 e. The van der Waals surface area contributed by atoms with Crippen molar-refractivity contribution in [2.45, 2.75) is 19.9 Å². The number of nitrogens with two attached hydrogens (primary N) is 1. The second-order valence-electron chi connectivity index (χ2n) is 3.71. The molecule has 0 bridgehead atoms. The van der Waals surface area contributed by atoms with Gasteiger partial charge in [0.2, 0.25) is 5.91 Å². The Labute approximate surface area is 101 Å². The SMILES string of the molecule is CCNC(=O)C(C)Nc1ccc(OC)cc1N. The Morgan fingerprint density at radius 1 is 1.53 bits per heavy atom. The summed E-state index contributed by atoms with van der Waals surface area (Å²) in [4.78, 5) is 11.5. The van der Waals surface area contributed by atoms with Crippen LogP contribution in [0.4, 0.5) is 11.4 Å². The van der Waals surface area contributed by atoms with Gasteiger partial charge in [-0.1, -0.05) is 0 Å². The van der Waals surface area contributed by atoms with Crippen LogP contribution in [0.15, 0.2) is 18.2 Å². The van der Waals surface area contributed by atoms with Gasteiger partial charge in [-0.25, -0.2) is 0 Å². The summed E-state index contributed by atoms with van der Waals surface area (Å²) in [6.07, 6.45) is 0. The minimum Gasteiger partial charge on any atom is -0.497 e. The van der Waals surface area contributed by atoms with Crippen molar-refractivity contribution in [1.82, 2.24) is 5.32 Å². The van der Waals surface area contributed by atoms with Gasteiger partial charge in [0, 0.05) is 12.6 Å². The fraction of sp³-hybridized carbons (Fsp3) is 0.417. The van der Waals surface area contributed by atoms with Gasteiger partial charge in [0.25, 0.3) is 0 Å². The monoisotopic (exact) mass is 237 g/mol. The predicted molar refractivity (Wildman–Crippen MR) is 69.2 cm³/mol. The Hall–Kier alpha value is -1.91. The van der Waals surface area contributed by atoms with Gasteiger partial charge in [-0.3, -0.25) is 4.79 Å². The standard InChI is InChI=1S/C12H19N3O2/c1-4-14-12(16)8(2)15-11-6-5-9(17-3)7-10(11)13/h5-8,15H,4,13H2,1-3H3,(H,14,16). The third-order valence-electron chi connectivity index (χ3n) is 2.38. The van der Waals surface area contributed by atoms with Crippen molar-refractivity contribution in [3.8, 4) is 5.75 Å². The van der Waals surface area contributed by atoms with Crippen molar-refractivity contribution in [3.05, 3.63) is 18.2 Å². The van der Waals surface area contributed by atoms with Gasteiger partial charge in [-0.2, -0.15) is 0 Å². The summed E-state index contributed by atoms with van der Waals surface area (Å²) in [7, 11) is 1.58. The highest BCUT2D eigenvalue weighted by Gasteiger charge is 2.12. The molecule has 0 aliphatic heterocycles. The number of benzene rings is 1. The van der Waals surface area contributed by atoms with Crippen LogP contribution in [-0.2, 0) is 4.79 Å². The molecule has 0 aromatic heterocycles. The van der Waals surface area contributed by atoms with Crippen molar-refractivity contribution < 1.29 is 9.53 Å². The smallest absolute Gasteiger partial charge is 0.242 e. The summed E-state index contributed by atoms with van der Waals surface area (Å²) >= 11 is 0. The molecule has 0 radical (unpaired) electrons. The molecule has 0 aliphatic rings. The number of methoxy groups -OCH3 is 1. The van der Waals surface area contributed by atoms with E-state index in [0.717, 1.165) is 5.69 Å². The zero-order valence-electron chi connectivity index (χ0n) is 10.4. The van der Waals surface area contributed by atoms with E-state index in [1.807, 2.05) is 6.92 Å². The Kier molecular flexibility index (Phi) is 4.63. The summed E-state index contributed by atoms with van der Waals surface area (Å²) in [6.45, 7) is 4.28. The number of likely N-dealkylation sites (N-methyl/N-ethyl adjacent to an activating group) is 1. The molecule has 1 aromatic carbocycles. The van der Waals surface area contributed by atoms with Crippen LogP contribution in [0.2, 0.25) is 0 Å². The molecule has 0 heterocycles. The number of carbonyl (C=O) groups is 1. The van der Waals surface area contributed by atoms with Crippen molar-refractivity contribution in [1.29, 1.82) is 0 Å². The molecule has 5 nitrogen and oxygen atoms in total. The topological polar surface area (TPSA) is 76.4 Å². The minimum absolute atomic E-state index is 0.0530. The summed E-state index contributed by atoms with van der Waals surface area (Å²) in [5.74, 6) is 0.640. The van der Waals surface area contributed by atoms with Crippen LogP contribution in [0.5, 0.6) is 5.75 Å². The lowest BCUT2D eigenvalue weighted by Gasteiger charge is -2.16. The molecule has 5 heteroatoms. The summed E-state index contributed by atoms with van der Waals surface area (Å²) in [5, 5.41) is 5.79. The fourth-order valence-corrected chi connectivity index (χ4v) is 1.43. The van der Waals surface area contributed by atoms with E-state index in [1.54, 1.807) is 32.2 Å². The molecule has 0 fully saturated rings. The maximum Gasteiger partial charge on any atom is 0.242 e. The zero-order valence-corrected chi connectivity index (χ0v) is 10.4. The highest BCUT2D eigenvalue weighted by atomic mass is 16.5. The molecular formula is C12H19N3O2. The van der Waals surface area contributed by atoms with Crippen LogP contribution in [0.3, 0.4) is 0 Å². The molecule has 0 aliphatic carbocycles. The number of carbonyl (C=O) groups excluding carboxylic acids is 1. The zero-order chi connectivity index (χ0) is 12.8. The average molecular weight is 237 g/mol. The number of rotatable bonds is 5. The van der Waals surface area contributed by atoms with Crippen LogP contribution in [-0.4, -0.2) is 25.6 Å². The summed E-state index contributed by atoms with van der Waals surface area (Å²) < 4.78 is 5.05. The Morgan fingerprint density at radius 2 is 2.24 bits per heavy atom. The van der Waals surface area contributed by atoms with Crippen LogP contribution in [0.1, 0.15) is 13.8 Å². The maximum atomic E-state index is 11.5. The van der Waals surface area contributed by atoms with E-state index >= 15 is 0 Å². The third kappa shape index (κ3) is 3.55. The number of hydrogen-bond donors (Lipinski definition) is 3. The molecule has 4 N–H and O–H groups in total. The molecule has 1 unspecified atom stereocenters. The lowest BCUT2D eigenvalue weighted by molar-refractivity contribution is -0.121. The summed E-state index contributed by atoms with van der Waals surface area (Å²) in [6, 6.07) is 4.98. The van der Waals surface area contributed by atoms with Gasteiger partial charge in [-0.15, -0.1) is 0 Å². The number of nitrogen functional groups attached to an aromatic ring is 1. The van der Waals surface area contributed by atoms with Crippen LogP contribution >= 0.6 is 0 Å². The van der Waals surface area contributed by atoms with Gasteiger partial charge in [0.15, 0.2) is 0 Å². The van der Waals surface area contributed by atoms with E-state index in [-0.39, 0.29) is 11.9 Å². The first kappa shape index (κ1) is 13.2. The molecule has 0 saturated heterocycles. The highest BCUT2D eigenvalue weighted by Crippen LogP contribution is 2.24. The summed E-state index contributed by atoms with van der Waals surface area (Å²) in [5.41, 5.74) is 7.13. The molecule has 1 atom stereocenters. The molecule has 0 saturated carbocycles. The lowest BCUT2D eigenvalue weighted by atomic mass is 10.2. The molecular weight excluding hydrogens is 218 g/mol. The van der Waals surface area contributed by atoms with Crippen LogP contribution in [0.25, 0.3) is 0 Å². The maximum absolute atomic E-state index is 11.5. The molecule has 1 amide bonds. The van der Waals surface area contributed by atoms with Gasteiger partial charge in [-0.05, 0) is 26.0 Å². The Morgan fingerprint density at radius 3 is 2.76 bits per heavy atom. The van der Waals surface area contributed by atoms with Crippen molar-refractivity contribution in [3.63, 3.8) is 0 Å². The number of hydrogen-bond acceptors (Lipinski definition) is 4. The van der Waals surface area contributed by atoms with E-state index in [9.17, 15) is 4.79 Å². The second kappa shape index (κ2) is 5.98. The van der Waals surface area contributed by atoms with E-state index < -0.39 is 0 Å². The van der Waals surface area contributed by atoms with E-state index in [1.165, 1.54) is 0 Å². The lowest BCUT2D eigenvalue weighted by Crippen LogP contribution is -2.37. The first-order valence-corrected chi connectivity index (χ1v) is 5.56. The minimum atomic E-state index is -0.328. The molecule has 0 spiro atoms. The number of ether oxygens (including phenoxy) is 1. The van der Waals surface area contributed by atoms with Gasteiger partial charge in [0.05, 0.1) is 18.5 Å². The van der Waals surface area contributed by atoms with E-state index in [4.69, 9.17) is 10.5 Å². The molecule has 94 valence electrons. The predicted octanol–water partition coefficient (Wildman–Crippen LogP) is 1.21. The third-order valence-corrected chi connectivity index (χ3v) is 2.38. The molecule has 1 aromatic rings. The van der Waals surface area contributed by atoms with Gasteiger partial charge >= 0.3 is 0 Å². The van der Waals surface area contributed by atoms with Gasteiger partial charge in [0.1, 0.15) is 11.8 Å². The van der Waals surface area contributed by atoms with E-state index in [2.05, 4.69) is 10.6 Å². The quantitative estimate of drug-likeness (QED) is 0.673. The van der Waals surface area contributed by atoms with Gasteiger partial charge < -0.3 is 21.1 Å². The fourth-order valence-electron chi connectivity index (χ4n) is 1.43. The van der Waals surface area contributed by atoms with Crippen molar-refractivity contribution in [2.24, 2.45) is 0 Å². The first-order valence-electron chi connectivity index (χ1n) is 5.56. The first-order chi connectivity index (χ1) is 8.08. The van der Waals surface area contributed by atoms with E-state index in [0.29, 0.717) is 18.0 Å². The van der Waals surface area contributed by atoms with Crippen molar-refractivity contribution in [2.75, 3.05) is 24.7 Å². The second-order valence-corrected chi connectivity index (χ2v) is 3.71.